The van der Waals surface area contributed by atoms with E-state index < -0.39 is 16.6 Å². The lowest BCUT2D eigenvalue weighted by molar-refractivity contribution is -0.383. The summed E-state index contributed by atoms with van der Waals surface area (Å²) in [4.78, 5) is 34.4. The Labute approximate surface area is 142 Å². The Morgan fingerprint density at radius 3 is 2.72 bits per heavy atom. The third-order valence-electron chi connectivity index (χ3n) is 3.77. The molecule has 0 aliphatic carbocycles. The molecule has 1 aromatic carbocycles. The van der Waals surface area contributed by atoms with E-state index in [2.05, 4.69) is 15.0 Å². The molecule has 8 nitrogen and oxygen atoms in total. The molecule has 0 saturated carbocycles. The number of Topliss-reactive ketones (excluding diaryl/α,β-unsaturated/α-hetero) is 1. The van der Waals surface area contributed by atoms with Crippen LogP contribution in [0.4, 0.5) is 5.69 Å². The number of fused-ring (bicyclic) bond motifs is 1. The zero-order valence-electron chi connectivity index (χ0n) is 13.5. The van der Waals surface area contributed by atoms with Gasteiger partial charge >= 0.3 is 0 Å². The Bertz CT molecular complexity index is 1030. The van der Waals surface area contributed by atoms with E-state index in [9.17, 15) is 20.2 Å². The van der Waals surface area contributed by atoms with Crippen LogP contribution in [0.2, 0.25) is 0 Å². The van der Waals surface area contributed by atoms with Crippen LogP contribution in [0, 0.1) is 35.3 Å². The van der Waals surface area contributed by atoms with Gasteiger partial charge in [0.15, 0.2) is 5.92 Å². The quantitative estimate of drug-likeness (QED) is 0.444. The number of ketones is 1. The van der Waals surface area contributed by atoms with Gasteiger partial charge < -0.3 is 4.98 Å². The number of nitrogens with one attached hydrogen (secondary N) is 1. The highest BCUT2D eigenvalue weighted by atomic mass is 16.6. The van der Waals surface area contributed by atoms with Crippen LogP contribution in [0.1, 0.15) is 33.6 Å². The second-order valence-electron chi connectivity index (χ2n) is 5.59. The Hall–Kier alpha value is -3.60. The summed E-state index contributed by atoms with van der Waals surface area (Å²) in [6, 6.07) is 9.62. The number of hydrogen-bond donors (Lipinski definition) is 1. The van der Waals surface area contributed by atoms with Crippen molar-refractivity contribution in [1.29, 1.82) is 5.26 Å². The third-order valence-corrected chi connectivity index (χ3v) is 3.77. The molecule has 25 heavy (non-hydrogen) atoms. The first-order valence-corrected chi connectivity index (χ1v) is 7.43. The zero-order chi connectivity index (χ0) is 18.1. The molecular formula is C17H13N5O3. The molecule has 0 aliphatic rings. The SMILES string of the molecule is Cc1cc([C@@H](C#N)C(=O)c2cc3cccc([N+](=O)[O-])c3[nH]2)nc(C)n1. The van der Waals surface area contributed by atoms with Gasteiger partial charge in [0.2, 0.25) is 5.78 Å². The van der Waals surface area contributed by atoms with Crippen molar-refractivity contribution in [2.45, 2.75) is 19.8 Å². The number of rotatable bonds is 4. The minimum Gasteiger partial charge on any atom is -0.346 e. The zero-order valence-corrected chi connectivity index (χ0v) is 13.5. The van der Waals surface area contributed by atoms with Crippen molar-refractivity contribution in [2.24, 2.45) is 0 Å². The highest BCUT2D eigenvalue weighted by Crippen LogP contribution is 2.28. The lowest BCUT2D eigenvalue weighted by Gasteiger charge is -2.08. The van der Waals surface area contributed by atoms with Crippen LogP contribution in [-0.2, 0) is 0 Å². The summed E-state index contributed by atoms with van der Waals surface area (Å²) in [6.45, 7) is 3.44. The maximum atomic E-state index is 12.8. The van der Waals surface area contributed by atoms with E-state index in [0.717, 1.165) is 0 Å². The predicted molar refractivity (Wildman–Crippen MR) is 89.1 cm³/mol. The number of nitro groups is 1. The second-order valence-corrected chi connectivity index (χ2v) is 5.59. The summed E-state index contributed by atoms with van der Waals surface area (Å²) in [5.41, 5.74) is 1.22. The number of aromatic nitrogens is 3. The number of carbonyl (C=O) groups excluding carboxylic acids is 1. The Morgan fingerprint density at radius 2 is 2.08 bits per heavy atom. The molecule has 0 bridgehead atoms. The lowest BCUT2D eigenvalue weighted by Crippen LogP contribution is -2.14. The maximum Gasteiger partial charge on any atom is 0.293 e. The number of nitrogens with zero attached hydrogens (tertiary/aromatic N) is 4. The summed E-state index contributed by atoms with van der Waals surface area (Å²) < 4.78 is 0. The number of nitriles is 1. The number of H-pyrrole nitrogens is 1. The molecule has 2 heterocycles. The molecule has 0 fully saturated rings. The van der Waals surface area contributed by atoms with E-state index in [4.69, 9.17) is 0 Å². The molecule has 0 aliphatic heterocycles. The van der Waals surface area contributed by atoms with Gasteiger partial charge in [0.1, 0.15) is 11.3 Å². The Morgan fingerprint density at radius 1 is 1.32 bits per heavy atom. The first-order chi connectivity index (χ1) is 11.9. The van der Waals surface area contributed by atoms with Gasteiger partial charge in [-0.2, -0.15) is 5.26 Å². The van der Waals surface area contributed by atoms with Crippen molar-refractivity contribution in [3.8, 4) is 6.07 Å². The molecule has 0 amide bonds. The predicted octanol–water partition coefficient (Wildman–Crippen LogP) is 2.97. The Kier molecular flexibility index (Phi) is 3.99. The standard InChI is InChI=1S/C17H13N5O3/c1-9-6-13(20-10(2)19-9)12(8-18)17(23)14-7-11-4-3-5-15(22(24)25)16(11)21-14/h3-7,12,21H,1-2H3/t12-/m1/s1. The summed E-state index contributed by atoms with van der Waals surface area (Å²) in [5, 5.41) is 21.1. The van der Waals surface area contributed by atoms with Crippen LogP contribution < -0.4 is 0 Å². The van der Waals surface area contributed by atoms with Crippen molar-refractivity contribution < 1.29 is 9.72 Å². The molecule has 3 aromatic rings. The van der Waals surface area contributed by atoms with Crippen LogP contribution >= 0.6 is 0 Å². The number of carbonyl (C=O) groups is 1. The third kappa shape index (κ3) is 2.95. The van der Waals surface area contributed by atoms with Gasteiger partial charge in [-0.3, -0.25) is 14.9 Å². The van der Waals surface area contributed by atoms with Crippen molar-refractivity contribution in [2.75, 3.05) is 0 Å². The van der Waals surface area contributed by atoms with Gasteiger partial charge in [-0.1, -0.05) is 12.1 Å². The molecule has 0 saturated heterocycles. The van der Waals surface area contributed by atoms with E-state index in [1.165, 1.54) is 12.1 Å². The number of non-ortho nitro benzene ring substituents is 1. The molecule has 2 aromatic heterocycles. The lowest BCUT2D eigenvalue weighted by atomic mass is 9.98. The van der Waals surface area contributed by atoms with Crippen molar-refractivity contribution in [1.82, 2.24) is 15.0 Å². The fourth-order valence-corrected chi connectivity index (χ4v) is 2.73. The van der Waals surface area contributed by atoms with Crippen LogP contribution in [0.15, 0.2) is 30.3 Å². The highest BCUT2D eigenvalue weighted by Gasteiger charge is 2.26. The van der Waals surface area contributed by atoms with Gasteiger partial charge in [0, 0.05) is 17.1 Å². The van der Waals surface area contributed by atoms with Gasteiger partial charge in [-0.25, -0.2) is 9.97 Å². The fraction of sp³-hybridized carbons (Fsp3) is 0.176. The summed E-state index contributed by atoms with van der Waals surface area (Å²) in [7, 11) is 0. The smallest absolute Gasteiger partial charge is 0.293 e. The summed E-state index contributed by atoms with van der Waals surface area (Å²) in [5.74, 6) is -1.15. The number of benzene rings is 1. The van der Waals surface area contributed by atoms with E-state index in [0.29, 0.717) is 22.6 Å². The first-order valence-electron chi connectivity index (χ1n) is 7.43. The molecule has 0 radical (unpaired) electrons. The van der Waals surface area contributed by atoms with Crippen LogP contribution in [0.5, 0.6) is 0 Å². The number of hydrogen-bond acceptors (Lipinski definition) is 6. The molecule has 1 N–H and O–H groups in total. The molecular weight excluding hydrogens is 322 g/mol. The number of nitro benzene ring substituents is 1. The number of aromatic amines is 1. The van der Waals surface area contributed by atoms with Gasteiger partial charge in [-0.05, 0) is 26.0 Å². The van der Waals surface area contributed by atoms with Gasteiger partial charge in [0.25, 0.3) is 5.69 Å². The van der Waals surface area contributed by atoms with Gasteiger partial charge in [0.05, 0.1) is 22.4 Å². The van der Waals surface area contributed by atoms with Crippen LogP contribution in [-0.4, -0.2) is 25.7 Å². The molecule has 3 rings (SSSR count). The van der Waals surface area contributed by atoms with Crippen molar-refractivity contribution in [3.63, 3.8) is 0 Å². The molecule has 1 atom stereocenters. The molecule has 8 heteroatoms. The highest BCUT2D eigenvalue weighted by molar-refractivity contribution is 6.05. The summed E-state index contributed by atoms with van der Waals surface area (Å²) >= 11 is 0. The average molecular weight is 335 g/mol. The Balaban J connectivity index is 2.07. The molecule has 0 unspecified atom stereocenters. The van der Waals surface area contributed by atoms with E-state index >= 15 is 0 Å². The normalized spacial score (nSPS) is 11.9. The minimum atomic E-state index is -1.12. The molecule has 124 valence electrons. The van der Waals surface area contributed by atoms with Crippen LogP contribution in [0.25, 0.3) is 10.9 Å². The van der Waals surface area contributed by atoms with Crippen LogP contribution in [0.3, 0.4) is 0 Å². The average Bonchev–Trinajstić information content (AvgIpc) is 2.98. The largest absolute Gasteiger partial charge is 0.346 e. The fourth-order valence-electron chi connectivity index (χ4n) is 2.73. The summed E-state index contributed by atoms with van der Waals surface area (Å²) in [6.07, 6.45) is 0. The van der Waals surface area contributed by atoms with Crippen molar-refractivity contribution in [3.05, 3.63) is 63.4 Å². The van der Waals surface area contributed by atoms with E-state index in [1.54, 1.807) is 32.0 Å². The molecule has 0 spiro atoms. The van der Waals surface area contributed by atoms with Crippen molar-refractivity contribution >= 4 is 22.4 Å². The van der Waals surface area contributed by atoms with E-state index in [1.807, 2.05) is 6.07 Å². The maximum absolute atomic E-state index is 12.8. The topological polar surface area (TPSA) is 126 Å². The van der Waals surface area contributed by atoms with E-state index in [-0.39, 0.29) is 16.9 Å². The second kappa shape index (κ2) is 6.13. The number of aryl methyl sites for hydroxylation is 2. The number of para-hydroxylation sites is 1. The first kappa shape index (κ1) is 16.3. The van der Waals surface area contributed by atoms with Gasteiger partial charge in [-0.15, -0.1) is 0 Å². The monoisotopic (exact) mass is 335 g/mol. The minimum absolute atomic E-state index is 0.126.